The fraction of sp³-hybridized carbons (Fsp3) is 0.435. The van der Waals surface area contributed by atoms with Crippen molar-refractivity contribution in [1.82, 2.24) is 9.62 Å². The zero-order valence-electron chi connectivity index (χ0n) is 17.9. The molecule has 0 saturated carbocycles. The highest BCUT2D eigenvalue weighted by Gasteiger charge is 2.36. The van der Waals surface area contributed by atoms with E-state index in [1.54, 1.807) is 24.3 Å². The van der Waals surface area contributed by atoms with Crippen LogP contribution in [0.25, 0.3) is 0 Å². The predicted molar refractivity (Wildman–Crippen MR) is 117 cm³/mol. The van der Waals surface area contributed by atoms with Crippen LogP contribution in [-0.4, -0.2) is 27.5 Å². The van der Waals surface area contributed by atoms with E-state index in [1.165, 1.54) is 0 Å². The maximum atomic E-state index is 13.2. The summed E-state index contributed by atoms with van der Waals surface area (Å²) >= 11 is 0. The van der Waals surface area contributed by atoms with Crippen molar-refractivity contribution in [3.05, 3.63) is 64.7 Å². The second-order valence-electron chi connectivity index (χ2n) is 8.15. The average Bonchev–Trinajstić information content (AvgIpc) is 3.03. The lowest BCUT2D eigenvalue weighted by molar-refractivity contribution is -0.143. The largest absolute Gasteiger partial charge is 0.416 e. The summed E-state index contributed by atoms with van der Waals surface area (Å²) in [5.41, 5.74) is -2.03. The van der Waals surface area contributed by atoms with E-state index in [0.717, 1.165) is 44.3 Å². The van der Waals surface area contributed by atoms with Crippen molar-refractivity contribution in [2.45, 2.75) is 56.0 Å². The number of hydrogen-bond donors (Lipinski definition) is 1. The Hall–Kier alpha value is -2.04. The second-order valence-corrected chi connectivity index (χ2v) is 10.4. The first-order valence-corrected chi connectivity index (χ1v) is 12.3. The molecular weight excluding hydrogens is 466 g/mol. The molecule has 1 heterocycles. The van der Waals surface area contributed by atoms with Gasteiger partial charge in [0.25, 0.3) is 0 Å². The molecule has 1 atom stereocenters. The SMILES string of the molecule is C=S(=O)(c1ccc(CNCc2cc(C(F)(F)F)cc(C(F)(F)F)c2)cc1)N1CCCCCC1. The Balaban J connectivity index is 1.66. The van der Waals surface area contributed by atoms with Gasteiger partial charge >= 0.3 is 12.4 Å². The molecule has 33 heavy (non-hydrogen) atoms. The van der Waals surface area contributed by atoms with Gasteiger partial charge in [-0.2, -0.15) is 26.3 Å². The Morgan fingerprint density at radius 1 is 0.788 bits per heavy atom. The fourth-order valence-electron chi connectivity index (χ4n) is 3.78. The topological polar surface area (TPSA) is 32.3 Å². The minimum atomic E-state index is -4.87. The first-order chi connectivity index (χ1) is 15.4. The van der Waals surface area contributed by atoms with E-state index >= 15 is 0 Å². The molecule has 1 N–H and O–H groups in total. The van der Waals surface area contributed by atoms with E-state index in [1.807, 2.05) is 4.31 Å². The van der Waals surface area contributed by atoms with Crippen LogP contribution in [-0.2, 0) is 35.1 Å². The summed E-state index contributed by atoms with van der Waals surface area (Å²) in [6.45, 7) is 1.50. The van der Waals surface area contributed by atoms with E-state index in [0.29, 0.717) is 17.0 Å². The standard InChI is InChI=1S/C23H26F6N2OS/c1-33(32,31-10-4-2-3-5-11-31)21-8-6-17(7-9-21)15-30-16-18-12-19(22(24,25)26)14-20(13-18)23(27,28)29/h6-9,12-14,30H,1-5,10-11,15-16H2. The van der Waals surface area contributed by atoms with Crippen molar-refractivity contribution in [2.75, 3.05) is 13.1 Å². The van der Waals surface area contributed by atoms with E-state index < -0.39 is 33.2 Å². The fourth-order valence-corrected chi connectivity index (χ4v) is 5.49. The van der Waals surface area contributed by atoms with Crippen molar-refractivity contribution >= 4 is 15.6 Å². The Labute approximate surface area is 189 Å². The van der Waals surface area contributed by atoms with Crippen molar-refractivity contribution in [2.24, 2.45) is 0 Å². The summed E-state index contributed by atoms with van der Waals surface area (Å²) in [7, 11) is -2.60. The highest BCUT2D eigenvalue weighted by atomic mass is 32.2. The van der Waals surface area contributed by atoms with Crippen molar-refractivity contribution < 1.29 is 30.6 Å². The van der Waals surface area contributed by atoms with Gasteiger partial charge in [-0.1, -0.05) is 25.0 Å². The summed E-state index contributed by atoms with van der Waals surface area (Å²) in [4.78, 5) is 0.598. The molecule has 0 amide bonds. The Kier molecular flexibility index (Phi) is 7.80. The molecule has 1 aliphatic heterocycles. The smallest absolute Gasteiger partial charge is 0.309 e. The number of nitrogens with zero attached hydrogens (tertiary/aromatic N) is 1. The van der Waals surface area contributed by atoms with Crippen LogP contribution < -0.4 is 5.32 Å². The van der Waals surface area contributed by atoms with Gasteiger partial charge in [0, 0.05) is 31.1 Å². The van der Waals surface area contributed by atoms with Crippen LogP contribution >= 0.6 is 0 Å². The molecule has 1 fully saturated rings. The van der Waals surface area contributed by atoms with Gasteiger partial charge < -0.3 is 5.32 Å². The molecule has 0 aliphatic carbocycles. The molecule has 10 heteroatoms. The van der Waals surface area contributed by atoms with Crippen LogP contribution in [0.4, 0.5) is 26.3 Å². The molecule has 3 nitrogen and oxygen atoms in total. The molecule has 0 aromatic heterocycles. The third-order valence-electron chi connectivity index (χ3n) is 5.58. The maximum absolute atomic E-state index is 13.2. The van der Waals surface area contributed by atoms with Crippen LogP contribution in [0, 0.1) is 0 Å². The normalized spacial score (nSPS) is 18.0. The van der Waals surface area contributed by atoms with Crippen LogP contribution in [0.5, 0.6) is 0 Å². The molecule has 2 aromatic rings. The lowest BCUT2D eigenvalue weighted by Gasteiger charge is -2.24. The number of alkyl halides is 6. The third kappa shape index (κ3) is 6.74. The summed E-state index contributed by atoms with van der Waals surface area (Å²) in [6, 6.07) is 8.43. The van der Waals surface area contributed by atoms with E-state index in [9.17, 15) is 30.6 Å². The minimum Gasteiger partial charge on any atom is -0.309 e. The highest BCUT2D eigenvalue weighted by molar-refractivity contribution is 7.98. The van der Waals surface area contributed by atoms with Gasteiger partial charge in [0.05, 0.1) is 20.8 Å². The van der Waals surface area contributed by atoms with Crippen molar-refractivity contribution in [1.29, 1.82) is 0 Å². The number of hydrogen-bond acceptors (Lipinski definition) is 2. The van der Waals surface area contributed by atoms with Gasteiger partial charge in [-0.15, -0.1) is 0 Å². The van der Waals surface area contributed by atoms with Gasteiger partial charge in [-0.25, -0.2) is 8.51 Å². The third-order valence-corrected chi connectivity index (χ3v) is 7.79. The first-order valence-electron chi connectivity index (χ1n) is 10.6. The molecule has 182 valence electrons. The van der Waals surface area contributed by atoms with Gasteiger partial charge in [0.2, 0.25) is 0 Å². The van der Waals surface area contributed by atoms with Gasteiger partial charge in [-0.05, 0) is 60.2 Å². The maximum Gasteiger partial charge on any atom is 0.416 e. The first kappa shape index (κ1) is 25.6. The molecule has 0 bridgehead atoms. The summed E-state index contributed by atoms with van der Waals surface area (Å²) in [6.07, 6.45) is -5.60. The summed E-state index contributed by atoms with van der Waals surface area (Å²) in [5, 5.41) is 2.87. The number of halogens is 6. The zero-order valence-corrected chi connectivity index (χ0v) is 18.8. The molecule has 1 saturated heterocycles. The number of rotatable bonds is 6. The molecular formula is C23H26F6N2OS. The highest BCUT2D eigenvalue weighted by Crippen LogP contribution is 2.36. The number of benzene rings is 2. The quantitative estimate of drug-likeness (QED) is 0.404. The average molecular weight is 493 g/mol. The summed E-state index contributed by atoms with van der Waals surface area (Å²) in [5.74, 6) is 3.95. The molecule has 3 rings (SSSR count). The minimum absolute atomic E-state index is 0.114. The lowest BCUT2D eigenvalue weighted by Crippen LogP contribution is -2.31. The van der Waals surface area contributed by atoms with Crippen molar-refractivity contribution in [3.63, 3.8) is 0 Å². The van der Waals surface area contributed by atoms with Crippen LogP contribution in [0.2, 0.25) is 0 Å². The Morgan fingerprint density at radius 3 is 1.76 bits per heavy atom. The van der Waals surface area contributed by atoms with Gasteiger partial charge in [0.1, 0.15) is 0 Å². The van der Waals surface area contributed by atoms with Crippen LogP contribution in [0.1, 0.15) is 47.9 Å². The predicted octanol–water partition coefficient (Wildman–Crippen LogP) is 5.88. The molecule has 0 radical (unpaired) electrons. The number of nitrogens with one attached hydrogen (secondary N) is 1. The van der Waals surface area contributed by atoms with Gasteiger partial charge in [-0.3, -0.25) is 0 Å². The van der Waals surface area contributed by atoms with Crippen LogP contribution in [0.3, 0.4) is 0 Å². The Morgan fingerprint density at radius 2 is 1.27 bits per heavy atom. The van der Waals surface area contributed by atoms with Crippen molar-refractivity contribution in [3.8, 4) is 0 Å². The second kappa shape index (κ2) is 10.1. The monoisotopic (exact) mass is 492 g/mol. The van der Waals surface area contributed by atoms with E-state index in [2.05, 4.69) is 11.2 Å². The molecule has 1 aliphatic rings. The van der Waals surface area contributed by atoms with E-state index in [4.69, 9.17) is 0 Å². The van der Waals surface area contributed by atoms with E-state index in [-0.39, 0.29) is 24.7 Å². The molecule has 0 spiro atoms. The lowest BCUT2D eigenvalue weighted by atomic mass is 10.0. The molecule has 1 unspecified atom stereocenters. The molecule has 2 aromatic carbocycles. The van der Waals surface area contributed by atoms with Gasteiger partial charge in [0.15, 0.2) is 0 Å². The Bertz CT molecular complexity index is 1010. The summed E-state index contributed by atoms with van der Waals surface area (Å²) < 4.78 is 93.1. The zero-order chi connectivity index (χ0) is 24.3. The van der Waals surface area contributed by atoms with Crippen LogP contribution in [0.15, 0.2) is 47.4 Å².